The van der Waals surface area contributed by atoms with E-state index in [0.717, 1.165) is 11.1 Å². The van der Waals surface area contributed by atoms with E-state index in [-0.39, 0.29) is 12.0 Å². The molecule has 0 radical (unpaired) electrons. The molecule has 0 aliphatic heterocycles. The minimum atomic E-state index is -0.588. The van der Waals surface area contributed by atoms with Crippen molar-refractivity contribution in [1.29, 1.82) is 0 Å². The van der Waals surface area contributed by atoms with E-state index in [4.69, 9.17) is 5.73 Å². The highest BCUT2D eigenvalue weighted by molar-refractivity contribution is 5.34. The zero-order valence-electron chi connectivity index (χ0n) is 10.5. The van der Waals surface area contributed by atoms with E-state index in [2.05, 4.69) is 0 Å². The summed E-state index contributed by atoms with van der Waals surface area (Å²) in [6.07, 6.45) is -0.588. The molecule has 2 heteroatoms. The lowest BCUT2D eigenvalue weighted by molar-refractivity contribution is 0.133. The average molecular weight is 241 g/mol. The molecule has 2 atom stereocenters. The molecule has 0 saturated heterocycles. The number of nitrogens with two attached hydrogens (primary N) is 1. The Balaban J connectivity index is 2.42. The molecule has 0 spiro atoms. The van der Waals surface area contributed by atoms with E-state index in [9.17, 15) is 5.11 Å². The van der Waals surface area contributed by atoms with Crippen LogP contribution in [-0.2, 0) is 0 Å². The van der Waals surface area contributed by atoms with Crippen molar-refractivity contribution in [3.05, 3.63) is 71.8 Å². The zero-order chi connectivity index (χ0) is 13.0. The lowest BCUT2D eigenvalue weighted by atomic mass is 9.84. The number of benzene rings is 2. The molecule has 18 heavy (non-hydrogen) atoms. The van der Waals surface area contributed by atoms with Crippen molar-refractivity contribution in [3.63, 3.8) is 0 Å². The molecule has 2 rings (SSSR count). The van der Waals surface area contributed by atoms with Gasteiger partial charge in [0, 0.05) is 12.0 Å². The van der Waals surface area contributed by atoms with Crippen molar-refractivity contribution in [2.45, 2.75) is 25.0 Å². The molecule has 94 valence electrons. The van der Waals surface area contributed by atoms with Gasteiger partial charge in [-0.2, -0.15) is 0 Å². The van der Waals surface area contributed by atoms with E-state index in [1.807, 2.05) is 67.6 Å². The van der Waals surface area contributed by atoms with Gasteiger partial charge >= 0.3 is 0 Å². The predicted molar refractivity (Wildman–Crippen MR) is 74.4 cm³/mol. The molecule has 0 saturated carbocycles. The Morgan fingerprint density at radius 2 is 1.22 bits per heavy atom. The molecule has 0 aliphatic carbocycles. The summed E-state index contributed by atoms with van der Waals surface area (Å²) in [4.78, 5) is 0. The Labute approximate surface area is 108 Å². The van der Waals surface area contributed by atoms with Gasteiger partial charge in [0.15, 0.2) is 0 Å². The van der Waals surface area contributed by atoms with Crippen LogP contribution in [0.25, 0.3) is 0 Å². The van der Waals surface area contributed by atoms with Crippen LogP contribution in [0.3, 0.4) is 0 Å². The highest BCUT2D eigenvalue weighted by Gasteiger charge is 2.25. The van der Waals surface area contributed by atoms with Crippen LogP contribution in [0.1, 0.15) is 24.0 Å². The predicted octanol–water partition coefficient (Wildman–Crippen LogP) is 2.53. The first-order valence-corrected chi connectivity index (χ1v) is 6.23. The summed E-state index contributed by atoms with van der Waals surface area (Å²) in [6, 6.07) is 19.7. The Morgan fingerprint density at radius 3 is 1.56 bits per heavy atom. The first kappa shape index (κ1) is 12.8. The maximum atomic E-state index is 10.4. The van der Waals surface area contributed by atoms with Gasteiger partial charge in [-0.25, -0.2) is 0 Å². The fourth-order valence-corrected chi connectivity index (χ4v) is 2.21. The molecule has 0 bridgehead atoms. The van der Waals surface area contributed by atoms with Crippen molar-refractivity contribution < 1.29 is 5.11 Å². The van der Waals surface area contributed by atoms with Gasteiger partial charge in [-0.05, 0) is 18.1 Å². The third kappa shape index (κ3) is 2.78. The maximum absolute atomic E-state index is 10.4. The molecule has 0 heterocycles. The molecule has 2 nitrogen and oxygen atoms in total. The second kappa shape index (κ2) is 5.80. The fourth-order valence-electron chi connectivity index (χ4n) is 2.21. The smallest absolute Gasteiger partial charge is 0.0797 e. The Bertz CT molecular complexity index is 427. The molecular formula is C16H19NO. The molecule has 2 aromatic carbocycles. The minimum Gasteiger partial charge on any atom is -0.391 e. The lowest BCUT2D eigenvalue weighted by Gasteiger charge is -2.26. The van der Waals surface area contributed by atoms with Crippen molar-refractivity contribution in [1.82, 2.24) is 0 Å². The van der Waals surface area contributed by atoms with Crippen LogP contribution in [0.4, 0.5) is 0 Å². The van der Waals surface area contributed by atoms with Crippen molar-refractivity contribution in [2.75, 3.05) is 0 Å². The van der Waals surface area contributed by atoms with E-state index in [1.54, 1.807) is 0 Å². The van der Waals surface area contributed by atoms with Gasteiger partial charge in [0.1, 0.15) is 0 Å². The molecule has 0 amide bonds. The number of aliphatic hydroxyl groups excluding tert-OH is 1. The third-order valence-electron chi connectivity index (χ3n) is 3.20. The molecule has 2 aromatic rings. The van der Waals surface area contributed by atoms with E-state index in [0.29, 0.717) is 0 Å². The van der Waals surface area contributed by atoms with Crippen LogP contribution in [0.15, 0.2) is 60.7 Å². The normalized spacial score (nSPS) is 14.4. The SMILES string of the molecule is CC(N)C(O)C(c1ccccc1)c1ccccc1. The first-order chi connectivity index (χ1) is 8.70. The number of aliphatic hydroxyl groups is 1. The van der Waals surface area contributed by atoms with Crippen LogP contribution in [0.2, 0.25) is 0 Å². The molecule has 2 unspecified atom stereocenters. The van der Waals surface area contributed by atoms with Gasteiger partial charge in [-0.3, -0.25) is 0 Å². The maximum Gasteiger partial charge on any atom is 0.0797 e. The van der Waals surface area contributed by atoms with Crippen LogP contribution in [0, 0.1) is 0 Å². The highest BCUT2D eigenvalue weighted by atomic mass is 16.3. The van der Waals surface area contributed by atoms with E-state index in [1.165, 1.54) is 0 Å². The van der Waals surface area contributed by atoms with Crippen LogP contribution < -0.4 is 5.73 Å². The van der Waals surface area contributed by atoms with E-state index < -0.39 is 6.10 Å². The number of hydrogen-bond acceptors (Lipinski definition) is 2. The van der Waals surface area contributed by atoms with Gasteiger partial charge in [-0.15, -0.1) is 0 Å². The summed E-state index contributed by atoms with van der Waals surface area (Å²) in [6.45, 7) is 1.84. The van der Waals surface area contributed by atoms with Gasteiger partial charge in [0.25, 0.3) is 0 Å². The number of rotatable bonds is 4. The second-order valence-electron chi connectivity index (χ2n) is 4.65. The Hall–Kier alpha value is -1.64. The van der Waals surface area contributed by atoms with Gasteiger partial charge < -0.3 is 10.8 Å². The Kier molecular flexibility index (Phi) is 4.13. The lowest BCUT2D eigenvalue weighted by Crippen LogP contribution is -2.37. The van der Waals surface area contributed by atoms with Crippen LogP contribution in [-0.4, -0.2) is 17.3 Å². The fraction of sp³-hybridized carbons (Fsp3) is 0.250. The highest BCUT2D eigenvalue weighted by Crippen LogP contribution is 2.28. The monoisotopic (exact) mass is 241 g/mol. The largest absolute Gasteiger partial charge is 0.391 e. The zero-order valence-corrected chi connectivity index (χ0v) is 10.5. The van der Waals surface area contributed by atoms with Crippen molar-refractivity contribution >= 4 is 0 Å². The summed E-state index contributed by atoms with van der Waals surface area (Å²) in [5.74, 6) is -0.0765. The number of hydrogen-bond donors (Lipinski definition) is 2. The molecule has 0 aromatic heterocycles. The summed E-state index contributed by atoms with van der Waals surface area (Å²) >= 11 is 0. The van der Waals surface area contributed by atoms with Crippen LogP contribution >= 0.6 is 0 Å². The molecular weight excluding hydrogens is 222 g/mol. The van der Waals surface area contributed by atoms with Crippen molar-refractivity contribution in [2.24, 2.45) is 5.73 Å². The standard InChI is InChI=1S/C16H19NO/c1-12(17)16(18)15(13-8-4-2-5-9-13)14-10-6-3-7-11-14/h2-12,15-16,18H,17H2,1H3. The average Bonchev–Trinajstić information content (AvgIpc) is 2.41. The third-order valence-corrected chi connectivity index (χ3v) is 3.20. The summed E-state index contributed by atoms with van der Waals surface area (Å²) in [5.41, 5.74) is 8.04. The van der Waals surface area contributed by atoms with Crippen molar-refractivity contribution in [3.8, 4) is 0 Å². The van der Waals surface area contributed by atoms with Crippen LogP contribution in [0.5, 0.6) is 0 Å². The molecule has 0 fully saturated rings. The topological polar surface area (TPSA) is 46.2 Å². The van der Waals surface area contributed by atoms with E-state index >= 15 is 0 Å². The first-order valence-electron chi connectivity index (χ1n) is 6.23. The van der Waals surface area contributed by atoms with Gasteiger partial charge in [0.2, 0.25) is 0 Å². The second-order valence-corrected chi connectivity index (χ2v) is 4.65. The van der Waals surface area contributed by atoms with Gasteiger partial charge in [-0.1, -0.05) is 60.7 Å². The van der Waals surface area contributed by atoms with Gasteiger partial charge in [0.05, 0.1) is 6.10 Å². The molecule has 3 N–H and O–H groups in total. The summed E-state index contributed by atoms with van der Waals surface area (Å²) in [5, 5.41) is 10.4. The Morgan fingerprint density at radius 1 is 0.833 bits per heavy atom. The summed E-state index contributed by atoms with van der Waals surface area (Å²) in [7, 11) is 0. The quantitative estimate of drug-likeness (QED) is 0.864. The molecule has 0 aliphatic rings. The minimum absolute atomic E-state index is 0.0765. The summed E-state index contributed by atoms with van der Waals surface area (Å²) < 4.78 is 0.